The number of nitrogens with zero attached hydrogens (tertiary/aromatic N) is 1. The molecule has 1 aromatic carbocycles. The third-order valence-electron chi connectivity index (χ3n) is 5.04. The Labute approximate surface area is 175 Å². The summed E-state index contributed by atoms with van der Waals surface area (Å²) in [4.78, 5) is 26.7. The smallest absolute Gasteiger partial charge is 0.311 e. The molecule has 28 heavy (non-hydrogen) atoms. The van der Waals surface area contributed by atoms with Crippen LogP contribution in [0.1, 0.15) is 76.3 Å². The second-order valence-corrected chi connectivity index (χ2v) is 7.95. The van der Waals surface area contributed by atoms with Gasteiger partial charge in [-0.15, -0.1) is 12.4 Å². The molecule has 1 saturated heterocycles. The van der Waals surface area contributed by atoms with E-state index in [9.17, 15) is 9.59 Å². The average Bonchev–Trinajstić information content (AvgIpc) is 3.13. The molecule has 0 atom stereocenters. The van der Waals surface area contributed by atoms with Crippen LogP contribution >= 0.6 is 12.4 Å². The lowest BCUT2D eigenvalue weighted by Crippen LogP contribution is -2.33. The maximum Gasteiger partial charge on any atom is 0.311 e. The Morgan fingerprint density at radius 1 is 1.04 bits per heavy atom. The average molecular weight is 411 g/mol. The zero-order valence-corrected chi connectivity index (χ0v) is 18.4. The fourth-order valence-corrected chi connectivity index (χ4v) is 3.43. The SMILES string of the molecule is CC(C)c1cccc(C(C)C)c1OC(=O)CCC(=O)NCCN1CCCC1.Cl. The first-order valence-electron chi connectivity index (χ1n) is 10.2. The van der Waals surface area contributed by atoms with E-state index in [2.05, 4.69) is 37.9 Å². The lowest BCUT2D eigenvalue weighted by Gasteiger charge is -2.19. The molecule has 0 spiro atoms. The molecule has 6 heteroatoms. The number of ether oxygens (including phenoxy) is 1. The van der Waals surface area contributed by atoms with Gasteiger partial charge in [-0.1, -0.05) is 45.9 Å². The Morgan fingerprint density at radius 3 is 2.14 bits per heavy atom. The first-order valence-corrected chi connectivity index (χ1v) is 10.2. The van der Waals surface area contributed by atoms with Crippen LogP contribution in [0.15, 0.2) is 18.2 Å². The molecule has 1 heterocycles. The van der Waals surface area contributed by atoms with Gasteiger partial charge in [-0.25, -0.2) is 0 Å². The highest BCUT2D eigenvalue weighted by Gasteiger charge is 2.18. The number of amides is 1. The van der Waals surface area contributed by atoms with Crippen molar-refractivity contribution < 1.29 is 14.3 Å². The highest BCUT2D eigenvalue weighted by atomic mass is 35.5. The van der Waals surface area contributed by atoms with Crippen LogP contribution in [0.2, 0.25) is 0 Å². The number of para-hydroxylation sites is 1. The highest BCUT2D eigenvalue weighted by molar-refractivity contribution is 5.85. The standard InChI is InChI=1S/C22H34N2O3.ClH/c1-16(2)18-8-7-9-19(17(3)4)22(18)27-21(26)11-10-20(25)23-12-15-24-13-5-6-14-24;/h7-9,16-17H,5-6,10-15H2,1-4H3,(H,23,25);1H. The van der Waals surface area contributed by atoms with Crippen LogP contribution in [0.5, 0.6) is 5.75 Å². The van der Waals surface area contributed by atoms with Gasteiger partial charge >= 0.3 is 5.97 Å². The fourth-order valence-electron chi connectivity index (χ4n) is 3.43. The third kappa shape index (κ3) is 7.44. The molecule has 2 rings (SSSR count). The van der Waals surface area contributed by atoms with Crippen LogP contribution in [-0.2, 0) is 9.59 Å². The Morgan fingerprint density at radius 2 is 1.61 bits per heavy atom. The molecule has 1 aliphatic rings. The van der Waals surface area contributed by atoms with Gasteiger partial charge in [0.25, 0.3) is 0 Å². The van der Waals surface area contributed by atoms with Gasteiger partial charge in [0, 0.05) is 19.5 Å². The van der Waals surface area contributed by atoms with E-state index in [1.807, 2.05) is 18.2 Å². The van der Waals surface area contributed by atoms with Crippen molar-refractivity contribution in [2.45, 2.75) is 65.2 Å². The number of halogens is 1. The van der Waals surface area contributed by atoms with Gasteiger partial charge in [0.05, 0.1) is 6.42 Å². The lowest BCUT2D eigenvalue weighted by atomic mass is 9.94. The molecule has 0 saturated carbocycles. The summed E-state index contributed by atoms with van der Waals surface area (Å²) in [5.74, 6) is 0.759. The van der Waals surface area contributed by atoms with E-state index in [1.54, 1.807) is 0 Å². The topological polar surface area (TPSA) is 58.6 Å². The minimum Gasteiger partial charge on any atom is -0.426 e. The molecular formula is C22H35ClN2O3. The number of hydrogen-bond acceptors (Lipinski definition) is 4. The van der Waals surface area contributed by atoms with Crippen molar-refractivity contribution in [3.05, 3.63) is 29.3 Å². The number of benzene rings is 1. The number of rotatable bonds is 9. The monoisotopic (exact) mass is 410 g/mol. The van der Waals surface area contributed by atoms with E-state index in [1.165, 1.54) is 12.8 Å². The molecular weight excluding hydrogens is 376 g/mol. The van der Waals surface area contributed by atoms with E-state index in [0.717, 1.165) is 30.8 Å². The second-order valence-electron chi connectivity index (χ2n) is 7.95. The molecule has 1 amide bonds. The van der Waals surface area contributed by atoms with Crippen LogP contribution in [0.3, 0.4) is 0 Å². The van der Waals surface area contributed by atoms with Crippen molar-refractivity contribution in [2.24, 2.45) is 0 Å². The van der Waals surface area contributed by atoms with Crippen LogP contribution in [0.25, 0.3) is 0 Å². The summed E-state index contributed by atoms with van der Waals surface area (Å²) in [5.41, 5.74) is 2.06. The van der Waals surface area contributed by atoms with Crippen LogP contribution in [0.4, 0.5) is 0 Å². The van der Waals surface area contributed by atoms with Crippen molar-refractivity contribution >= 4 is 24.3 Å². The maximum atomic E-state index is 12.3. The summed E-state index contributed by atoms with van der Waals surface area (Å²) in [6.45, 7) is 12.1. The van der Waals surface area contributed by atoms with Gasteiger partial charge in [-0.05, 0) is 48.9 Å². The summed E-state index contributed by atoms with van der Waals surface area (Å²) in [7, 11) is 0. The van der Waals surface area contributed by atoms with Crippen molar-refractivity contribution in [3.63, 3.8) is 0 Å². The lowest BCUT2D eigenvalue weighted by molar-refractivity contribution is -0.136. The summed E-state index contributed by atoms with van der Waals surface area (Å²) >= 11 is 0. The van der Waals surface area contributed by atoms with Gasteiger partial charge < -0.3 is 15.0 Å². The summed E-state index contributed by atoms with van der Waals surface area (Å²) in [6.07, 6.45) is 2.76. The van der Waals surface area contributed by atoms with E-state index >= 15 is 0 Å². The van der Waals surface area contributed by atoms with Crippen LogP contribution in [-0.4, -0.2) is 43.0 Å². The van der Waals surface area contributed by atoms with Crippen molar-refractivity contribution in [1.82, 2.24) is 10.2 Å². The molecule has 1 fully saturated rings. The number of carbonyl (C=O) groups excluding carboxylic acids is 2. The Kier molecular flexibility index (Phi) is 10.5. The molecule has 1 N–H and O–H groups in total. The van der Waals surface area contributed by atoms with Gasteiger partial charge in [-0.2, -0.15) is 0 Å². The number of hydrogen-bond donors (Lipinski definition) is 1. The van der Waals surface area contributed by atoms with Crippen molar-refractivity contribution in [1.29, 1.82) is 0 Å². The van der Waals surface area contributed by atoms with Crippen molar-refractivity contribution in [2.75, 3.05) is 26.2 Å². The maximum absolute atomic E-state index is 12.3. The van der Waals surface area contributed by atoms with Gasteiger partial charge in [0.1, 0.15) is 5.75 Å². The highest BCUT2D eigenvalue weighted by Crippen LogP contribution is 2.34. The van der Waals surface area contributed by atoms with Gasteiger partial charge in [0.15, 0.2) is 0 Å². The quantitative estimate of drug-likeness (QED) is 0.488. The zero-order chi connectivity index (χ0) is 19.8. The first kappa shape index (κ1) is 24.4. The Hall–Kier alpha value is -1.59. The van der Waals surface area contributed by atoms with E-state index in [4.69, 9.17) is 4.74 Å². The second kappa shape index (κ2) is 12.1. The molecule has 0 aromatic heterocycles. The minimum atomic E-state index is -0.348. The largest absolute Gasteiger partial charge is 0.426 e. The third-order valence-corrected chi connectivity index (χ3v) is 5.04. The van der Waals surface area contributed by atoms with Gasteiger partial charge in [-0.3, -0.25) is 9.59 Å². The molecule has 1 aromatic rings. The predicted molar refractivity (Wildman–Crippen MR) is 115 cm³/mol. The number of esters is 1. The molecule has 5 nitrogen and oxygen atoms in total. The molecule has 0 radical (unpaired) electrons. The van der Waals surface area contributed by atoms with Crippen molar-refractivity contribution in [3.8, 4) is 5.75 Å². The fraction of sp³-hybridized carbons (Fsp3) is 0.636. The molecule has 0 aliphatic carbocycles. The Balaban J connectivity index is 0.00000392. The molecule has 158 valence electrons. The van der Waals surface area contributed by atoms with Gasteiger partial charge in [0.2, 0.25) is 5.91 Å². The summed E-state index contributed by atoms with van der Waals surface area (Å²) < 4.78 is 5.71. The normalized spacial score (nSPS) is 14.2. The minimum absolute atomic E-state index is 0. The molecule has 0 bridgehead atoms. The zero-order valence-electron chi connectivity index (χ0n) is 17.6. The predicted octanol–water partition coefficient (Wildman–Crippen LogP) is 4.25. The summed E-state index contributed by atoms with van der Waals surface area (Å²) in [5, 5.41) is 2.90. The molecule has 0 unspecified atom stereocenters. The van der Waals surface area contributed by atoms with Crippen LogP contribution < -0.4 is 10.1 Å². The van der Waals surface area contributed by atoms with E-state index < -0.39 is 0 Å². The first-order chi connectivity index (χ1) is 12.9. The number of carbonyl (C=O) groups is 2. The number of likely N-dealkylation sites (tertiary alicyclic amines) is 1. The summed E-state index contributed by atoms with van der Waals surface area (Å²) in [6, 6.07) is 6.02. The molecule has 1 aliphatic heterocycles. The Bertz CT molecular complexity index is 614. The van der Waals surface area contributed by atoms with E-state index in [-0.39, 0.29) is 49.0 Å². The number of nitrogens with one attached hydrogen (secondary N) is 1. The van der Waals surface area contributed by atoms with E-state index in [0.29, 0.717) is 12.3 Å². The van der Waals surface area contributed by atoms with Crippen LogP contribution in [0, 0.1) is 0 Å².